The fraction of sp³-hybridized carbons (Fsp3) is 0.231. The highest BCUT2D eigenvalue weighted by Gasteiger charge is 2.16. The molecule has 3 aromatic heterocycles. The van der Waals surface area contributed by atoms with Crippen LogP contribution in [-0.2, 0) is 16.4 Å². The minimum atomic E-state index is -3.68. The lowest BCUT2D eigenvalue weighted by Gasteiger charge is -2.05. The molecule has 0 spiro atoms. The lowest BCUT2D eigenvalue weighted by molar-refractivity contribution is 0.581. The Morgan fingerprint density at radius 1 is 1.24 bits per heavy atom. The van der Waals surface area contributed by atoms with Crippen LogP contribution in [0, 0.1) is 6.92 Å². The molecule has 10 nitrogen and oxygen atoms in total. The van der Waals surface area contributed by atoms with Gasteiger partial charge in [-0.05, 0) is 25.1 Å². The van der Waals surface area contributed by atoms with E-state index in [1.165, 1.54) is 23.5 Å². The van der Waals surface area contributed by atoms with Gasteiger partial charge in [0.25, 0.3) is 0 Å². The van der Waals surface area contributed by atoms with E-state index in [9.17, 15) is 13.2 Å². The minimum absolute atomic E-state index is 0.0873. The van der Waals surface area contributed by atoms with Crippen molar-refractivity contribution in [3.63, 3.8) is 0 Å². The van der Waals surface area contributed by atoms with E-state index >= 15 is 0 Å². The molecule has 0 saturated heterocycles. The molecule has 12 heteroatoms. The number of nitrogens with one attached hydrogen (secondary N) is 3. The molecule has 25 heavy (non-hydrogen) atoms. The Morgan fingerprint density at radius 2 is 2.04 bits per heavy atom. The third-order valence-corrected chi connectivity index (χ3v) is 6.03. The summed E-state index contributed by atoms with van der Waals surface area (Å²) in [5, 5.41) is 13.0. The van der Waals surface area contributed by atoms with E-state index in [0.29, 0.717) is 28.2 Å². The summed E-state index contributed by atoms with van der Waals surface area (Å²) in [7, 11) is -3.68. The molecule has 0 unspecified atom stereocenters. The zero-order valence-electron chi connectivity index (χ0n) is 13.0. The van der Waals surface area contributed by atoms with Crippen LogP contribution < -0.4 is 10.4 Å². The lowest BCUT2D eigenvalue weighted by atomic mass is 10.3. The van der Waals surface area contributed by atoms with Gasteiger partial charge in [0.2, 0.25) is 15.0 Å². The largest absolute Gasteiger partial charge is 0.323 e. The smallest absolute Gasteiger partial charge is 0.306 e. The van der Waals surface area contributed by atoms with Crippen molar-refractivity contribution in [3.05, 3.63) is 39.5 Å². The Hall–Kier alpha value is -2.57. The quantitative estimate of drug-likeness (QED) is 0.452. The summed E-state index contributed by atoms with van der Waals surface area (Å²) in [6.45, 7) is 2.00. The summed E-state index contributed by atoms with van der Waals surface area (Å²) in [5.41, 5.74) is 0.618. The molecule has 4 rings (SSSR count). The van der Waals surface area contributed by atoms with E-state index in [0.717, 1.165) is 5.01 Å². The highest BCUT2D eigenvalue weighted by molar-refractivity contribution is 7.89. The van der Waals surface area contributed by atoms with E-state index in [-0.39, 0.29) is 17.1 Å². The van der Waals surface area contributed by atoms with Gasteiger partial charge < -0.3 is 9.97 Å². The molecule has 0 aliphatic heterocycles. The molecule has 130 valence electrons. The van der Waals surface area contributed by atoms with E-state index in [2.05, 4.69) is 30.0 Å². The van der Waals surface area contributed by atoms with Gasteiger partial charge in [-0.3, -0.25) is 0 Å². The first-order valence-corrected chi connectivity index (χ1v) is 9.62. The van der Waals surface area contributed by atoms with E-state index in [1.807, 2.05) is 0 Å². The Labute approximate surface area is 145 Å². The van der Waals surface area contributed by atoms with E-state index in [4.69, 9.17) is 0 Å². The maximum Gasteiger partial charge on any atom is 0.323 e. The maximum atomic E-state index is 12.4. The van der Waals surface area contributed by atoms with Crippen molar-refractivity contribution in [1.82, 2.24) is 34.5 Å². The molecule has 3 heterocycles. The van der Waals surface area contributed by atoms with Gasteiger partial charge in [0.15, 0.2) is 5.82 Å². The molecule has 0 saturated carbocycles. The third kappa shape index (κ3) is 2.94. The predicted octanol–water partition coefficient (Wildman–Crippen LogP) is 0.185. The van der Waals surface area contributed by atoms with Crippen molar-refractivity contribution in [2.45, 2.75) is 18.2 Å². The molecule has 4 aromatic rings. The van der Waals surface area contributed by atoms with Crippen molar-refractivity contribution in [1.29, 1.82) is 0 Å². The summed E-state index contributed by atoms with van der Waals surface area (Å²) in [4.78, 5) is 17.1. The maximum absolute atomic E-state index is 12.4. The zero-order chi connectivity index (χ0) is 17.6. The molecule has 3 N–H and O–H groups in total. The van der Waals surface area contributed by atoms with Crippen LogP contribution in [0.4, 0.5) is 0 Å². The zero-order valence-corrected chi connectivity index (χ0v) is 14.6. The Morgan fingerprint density at radius 3 is 2.84 bits per heavy atom. The Balaban J connectivity index is 1.49. The van der Waals surface area contributed by atoms with Gasteiger partial charge >= 0.3 is 5.69 Å². The van der Waals surface area contributed by atoms with Crippen LogP contribution in [0.25, 0.3) is 16.0 Å². The van der Waals surface area contributed by atoms with Crippen LogP contribution in [0.15, 0.2) is 27.9 Å². The van der Waals surface area contributed by atoms with Crippen LogP contribution in [0.1, 0.15) is 10.8 Å². The number of benzene rings is 1. The number of hydrogen-bond donors (Lipinski definition) is 3. The molecule has 0 radical (unpaired) electrons. The number of aromatic nitrogens is 6. The van der Waals surface area contributed by atoms with Gasteiger partial charge in [-0.15, -0.1) is 10.2 Å². The number of nitrogens with zero attached hydrogens (tertiary/aromatic N) is 4. The van der Waals surface area contributed by atoms with Crippen LogP contribution >= 0.6 is 11.3 Å². The van der Waals surface area contributed by atoms with Crippen molar-refractivity contribution >= 4 is 37.4 Å². The fourth-order valence-electron chi connectivity index (χ4n) is 2.41. The normalized spacial score (nSPS) is 12.4. The molecular weight excluding hydrogens is 366 g/mol. The van der Waals surface area contributed by atoms with Crippen LogP contribution in [-0.4, -0.2) is 44.7 Å². The first-order chi connectivity index (χ1) is 11.9. The van der Waals surface area contributed by atoms with Gasteiger partial charge in [0.05, 0.1) is 15.9 Å². The van der Waals surface area contributed by atoms with Crippen LogP contribution in [0.5, 0.6) is 0 Å². The number of aryl methyl sites for hydroxylation is 1. The number of H-pyrrole nitrogens is 2. The molecule has 1 aromatic carbocycles. The average Bonchev–Trinajstić information content (AvgIpc) is 3.21. The number of imidazole rings is 1. The fourth-order valence-corrected chi connectivity index (χ4v) is 4.35. The van der Waals surface area contributed by atoms with Gasteiger partial charge in [-0.25, -0.2) is 17.9 Å². The van der Waals surface area contributed by atoms with Crippen LogP contribution in [0.2, 0.25) is 0 Å². The van der Waals surface area contributed by atoms with E-state index < -0.39 is 10.0 Å². The third-order valence-electron chi connectivity index (χ3n) is 3.62. The summed E-state index contributed by atoms with van der Waals surface area (Å²) in [6, 6.07) is 4.41. The second-order valence-corrected chi connectivity index (χ2v) is 8.18. The Kier molecular flexibility index (Phi) is 3.67. The van der Waals surface area contributed by atoms with Gasteiger partial charge in [0.1, 0.15) is 5.01 Å². The molecule has 0 aliphatic rings. The molecular formula is C13H13N7O3S2. The van der Waals surface area contributed by atoms with Crippen LogP contribution in [0.3, 0.4) is 0 Å². The highest BCUT2D eigenvalue weighted by Crippen LogP contribution is 2.16. The number of hydrogen-bond acceptors (Lipinski definition) is 7. The summed E-state index contributed by atoms with van der Waals surface area (Å²) >= 11 is 1.37. The second-order valence-electron chi connectivity index (χ2n) is 5.37. The minimum Gasteiger partial charge on any atom is -0.306 e. The topological polar surface area (TPSA) is 138 Å². The van der Waals surface area contributed by atoms with Gasteiger partial charge in [-0.2, -0.15) is 9.61 Å². The number of sulfonamides is 1. The van der Waals surface area contributed by atoms with E-state index in [1.54, 1.807) is 17.5 Å². The SMILES string of the molecule is Cc1nnc2sc(CCNS(=O)(=O)c3ccc4[nH]c(=O)[nH]c4c3)nn12. The first-order valence-electron chi connectivity index (χ1n) is 7.32. The van der Waals surface area contributed by atoms with Gasteiger partial charge in [0, 0.05) is 13.0 Å². The molecule has 0 amide bonds. The van der Waals surface area contributed by atoms with Crippen molar-refractivity contribution in [2.75, 3.05) is 6.54 Å². The van der Waals surface area contributed by atoms with Crippen molar-refractivity contribution in [3.8, 4) is 0 Å². The molecule has 0 aliphatic carbocycles. The monoisotopic (exact) mass is 379 g/mol. The number of rotatable bonds is 5. The average molecular weight is 379 g/mol. The van der Waals surface area contributed by atoms with Crippen molar-refractivity contribution in [2.24, 2.45) is 0 Å². The second kappa shape index (κ2) is 5.75. The number of aromatic amines is 2. The van der Waals surface area contributed by atoms with Crippen molar-refractivity contribution < 1.29 is 8.42 Å². The predicted molar refractivity (Wildman–Crippen MR) is 91.2 cm³/mol. The molecule has 0 bridgehead atoms. The number of fused-ring (bicyclic) bond motifs is 2. The summed E-state index contributed by atoms with van der Waals surface area (Å²) in [6.07, 6.45) is 0.440. The lowest BCUT2D eigenvalue weighted by Crippen LogP contribution is -2.26. The Bertz CT molecular complexity index is 1230. The molecule has 0 fully saturated rings. The summed E-state index contributed by atoms with van der Waals surface area (Å²) in [5.74, 6) is 0.687. The standard InChI is InChI=1S/C13H13N7O3S2/c1-7-17-18-13-20(7)19-11(24-13)4-5-14-25(22,23)8-2-3-9-10(6-8)16-12(21)15-9/h2-3,6,14H,4-5H2,1H3,(H2,15,16,21). The van der Waals surface area contributed by atoms with Gasteiger partial charge in [-0.1, -0.05) is 11.3 Å². The summed E-state index contributed by atoms with van der Waals surface area (Å²) < 4.78 is 28.9. The highest BCUT2D eigenvalue weighted by atomic mass is 32.2. The molecule has 0 atom stereocenters. The first kappa shape index (κ1) is 15.9.